The lowest BCUT2D eigenvalue weighted by atomic mass is 9.91. The maximum atomic E-state index is 12.7. The molecule has 0 unspecified atom stereocenters. The minimum absolute atomic E-state index is 0.243. The van der Waals surface area contributed by atoms with Crippen LogP contribution < -0.4 is 0 Å². The Kier molecular flexibility index (Phi) is 6.66. The average molecular weight is 323 g/mol. The van der Waals surface area contributed by atoms with Crippen molar-refractivity contribution in [3.63, 3.8) is 0 Å². The smallest absolute Gasteiger partial charge is 0.355 e. The number of allylic oxidation sites excluding steroid dienone is 1. The minimum Gasteiger partial charge on any atom is -0.367 e. The molecule has 0 spiro atoms. The second kappa shape index (κ2) is 8.29. The Morgan fingerprint density at radius 3 is 2.09 bits per heavy atom. The molecule has 0 aromatic heterocycles. The van der Waals surface area contributed by atoms with Crippen molar-refractivity contribution in [2.75, 3.05) is 13.1 Å². The predicted octanol–water partition coefficient (Wildman–Crippen LogP) is 4.39. The van der Waals surface area contributed by atoms with Gasteiger partial charge in [0.1, 0.15) is 0 Å². The highest BCUT2D eigenvalue weighted by atomic mass is 16.7. The van der Waals surface area contributed by atoms with Gasteiger partial charge in [-0.15, -0.1) is 5.06 Å². The quantitative estimate of drug-likeness (QED) is 0.703. The van der Waals surface area contributed by atoms with E-state index in [1.807, 2.05) is 32.8 Å². The van der Waals surface area contributed by atoms with Crippen LogP contribution in [0.4, 0.5) is 0 Å². The number of hydrogen-bond donors (Lipinski definition) is 0. The van der Waals surface area contributed by atoms with E-state index >= 15 is 0 Å². The van der Waals surface area contributed by atoms with Crippen LogP contribution in [0.3, 0.4) is 0 Å². The van der Waals surface area contributed by atoms with Gasteiger partial charge in [-0.05, 0) is 53.4 Å². The van der Waals surface area contributed by atoms with Crippen LogP contribution in [-0.4, -0.2) is 35.8 Å². The van der Waals surface area contributed by atoms with Crippen molar-refractivity contribution >= 4 is 5.97 Å². The summed E-state index contributed by atoms with van der Waals surface area (Å²) < 4.78 is 6.34. The molecule has 0 aromatic carbocycles. The monoisotopic (exact) mass is 323 g/mol. The average Bonchev–Trinajstić information content (AvgIpc) is 2.47. The largest absolute Gasteiger partial charge is 0.367 e. The molecule has 0 amide bonds. The molecule has 0 N–H and O–H groups in total. The third-order valence-corrected chi connectivity index (χ3v) is 4.85. The van der Waals surface area contributed by atoms with Gasteiger partial charge >= 0.3 is 5.97 Å². The summed E-state index contributed by atoms with van der Waals surface area (Å²) in [5, 5.41) is 1.81. The summed E-state index contributed by atoms with van der Waals surface area (Å²) >= 11 is 0. The molecule has 132 valence electrons. The third kappa shape index (κ3) is 5.32. The molecular formula is C19H33NO3. The van der Waals surface area contributed by atoms with Gasteiger partial charge in [0.25, 0.3) is 0 Å². The van der Waals surface area contributed by atoms with Crippen LogP contribution in [0.15, 0.2) is 11.1 Å². The standard InChI is InChI=1S/C19H33NO3/c1-15(2)17(18(21)23-20-13-9-6-10-14-20)19(3,4)22-16-11-7-5-8-12-16/h16H,5-14H2,1-4H3. The molecule has 0 radical (unpaired) electrons. The molecule has 4 nitrogen and oxygen atoms in total. The topological polar surface area (TPSA) is 38.8 Å². The van der Waals surface area contributed by atoms with Crippen molar-refractivity contribution in [1.29, 1.82) is 0 Å². The van der Waals surface area contributed by atoms with Gasteiger partial charge in [0.2, 0.25) is 0 Å². The number of carbonyl (C=O) groups is 1. The molecular weight excluding hydrogens is 290 g/mol. The van der Waals surface area contributed by atoms with E-state index in [2.05, 4.69) is 0 Å². The Hall–Kier alpha value is -0.870. The fourth-order valence-corrected chi connectivity index (χ4v) is 3.83. The number of hydrogen-bond acceptors (Lipinski definition) is 4. The fraction of sp³-hybridized carbons (Fsp3) is 0.842. The Bertz CT molecular complexity index is 426. The van der Waals surface area contributed by atoms with E-state index in [0.29, 0.717) is 5.57 Å². The number of rotatable bonds is 5. The molecule has 2 fully saturated rings. The van der Waals surface area contributed by atoms with Crippen LogP contribution in [-0.2, 0) is 14.4 Å². The molecule has 1 aliphatic heterocycles. The first-order chi connectivity index (χ1) is 10.9. The Morgan fingerprint density at radius 1 is 0.957 bits per heavy atom. The van der Waals surface area contributed by atoms with Gasteiger partial charge in [-0.2, -0.15) is 0 Å². The molecule has 1 saturated carbocycles. The van der Waals surface area contributed by atoms with E-state index < -0.39 is 5.60 Å². The van der Waals surface area contributed by atoms with Crippen LogP contribution in [0.2, 0.25) is 0 Å². The molecule has 2 aliphatic rings. The highest BCUT2D eigenvalue weighted by Gasteiger charge is 2.35. The van der Waals surface area contributed by atoms with E-state index in [4.69, 9.17) is 9.57 Å². The first-order valence-electron chi connectivity index (χ1n) is 9.23. The molecule has 23 heavy (non-hydrogen) atoms. The van der Waals surface area contributed by atoms with E-state index in [1.54, 1.807) is 0 Å². The number of carbonyl (C=O) groups excluding carboxylic acids is 1. The van der Waals surface area contributed by atoms with Crippen molar-refractivity contribution in [2.24, 2.45) is 0 Å². The number of piperidine rings is 1. The van der Waals surface area contributed by atoms with E-state index in [0.717, 1.165) is 44.3 Å². The van der Waals surface area contributed by atoms with Crippen LogP contribution >= 0.6 is 0 Å². The molecule has 0 atom stereocenters. The van der Waals surface area contributed by atoms with Crippen molar-refractivity contribution in [2.45, 2.75) is 90.8 Å². The lowest BCUT2D eigenvalue weighted by Crippen LogP contribution is -2.40. The number of nitrogens with zero attached hydrogens (tertiary/aromatic N) is 1. The van der Waals surface area contributed by atoms with Crippen LogP contribution in [0.25, 0.3) is 0 Å². The molecule has 0 bridgehead atoms. The van der Waals surface area contributed by atoms with E-state index in [9.17, 15) is 4.79 Å². The van der Waals surface area contributed by atoms with Gasteiger partial charge in [0.05, 0.1) is 17.3 Å². The summed E-state index contributed by atoms with van der Waals surface area (Å²) in [5.41, 5.74) is 1.05. The third-order valence-electron chi connectivity index (χ3n) is 4.85. The van der Waals surface area contributed by atoms with Crippen LogP contribution in [0.5, 0.6) is 0 Å². The SMILES string of the molecule is CC(C)=C(C(=O)ON1CCCCC1)C(C)(C)OC1CCCCC1. The zero-order valence-electron chi connectivity index (χ0n) is 15.3. The zero-order chi connectivity index (χ0) is 16.9. The predicted molar refractivity (Wildman–Crippen MR) is 91.9 cm³/mol. The number of ether oxygens (including phenoxy) is 1. The molecule has 0 aromatic rings. The number of hydroxylamine groups is 2. The summed E-state index contributed by atoms with van der Waals surface area (Å²) in [6, 6.07) is 0. The summed E-state index contributed by atoms with van der Waals surface area (Å²) in [5.74, 6) is -0.243. The van der Waals surface area contributed by atoms with Crippen LogP contribution in [0.1, 0.15) is 79.1 Å². The Balaban J connectivity index is 2.03. The van der Waals surface area contributed by atoms with Gasteiger partial charge in [0, 0.05) is 13.1 Å². The van der Waals surface area contributed by atoms with Gasteiger partial charge in [0.15, 0.2) is 0 Å². The van der Waals surface area contributed by atoms with Gasteiger partial charge < -0.3 is 9.57 Å². The summed E-state index contributed by atoms with van der Waals surface area (Å²) in [6.45, 7) is 9.62. The van der Waals surface area contributed by atoms with Crippen molar-refractivity contribution in [3.05, 3.63) is 11.1 Å². The molecule has 4 heteroatoms. The molecule has 1 aliphatic carbocycles. The summed E-state index contributed by atoms with van der Waals surface area (Å²) in [6.07, 6.45) is 9.62. The molecule has 1 heterocycles. The highest BCUT2D eigenvalue weighted by molar-refractivity contribution is 5.91. The normalized spacial score (nSPS) is 21.0. The lowest BCUT2D eigenvalue weighted by molar-refractivity contribution is -0.193. The van der Waals surface area contributed by atoms with Crippen molar-refractivity contribution in [3.8, 4) is 0 Å². The van der Waals surface area contributed by atoms with Gasteiger partial charge in [-0.3, -0.25) is 0 Å². The summed E-state index contributed by atoms with van der Waals surface area (Å²) in [7, 11) is 0. The van der Waals surface area contributed by atoms with Gasteiger partial charge in [-0.25, -0.2) is 4.79 Å². The van der Waals surface area contributed by atoms with Crippen LogP contribution in [0, 0.1) is 0 Å². The Labute approximate surface area is 141 Å². The van der Waals surface area contributed by atoms with E-state index in [-0.39, 0.29) is 12.1 Å². The zero-order valence-corrected chi connectivity index (χ0v) is 15.3. The van der Waals surface area contributed by atoms with Crippen molar-refractivity contribution < 1.29 is 14.4 Å². The lowest BCUT2D eigenvalue weighted by Gasteiger charge is -2.35. The molecule has 1 saturated heterocycles. The van der Waals surface area contributed by atoms with Crippen molar-refractivity contribution in [1.82, 2.24) is 5.06 Å². The summed E-state index contributed by atoms with van der Waals surface area (Å²) in [4.78, 5) is 18.4. The first kappa shape index (κ1) is 18.5. The minimum atomic E-state index is -0.603. The Morgan fingerprint density at radius 2 is 1.52 bits per heavy atom. The maximum Gasteiger partial charge on any atom is 0.355 e. The second-order valence-corrected chi connectivity index (χ2v) is 7.63. The maximum absolute atomic E-state index is 12.7. The second-order valence-electron chi connectivity index (χ2n) is 7.63. The van der Waals surface area contributed by atoms with E-state index in [1.165, 1.54) is 25.7 Å². The van der Waals surface area contributed by atoms with Gasteiger partial charge in [-0.1, -0.05) is 31.3 Å². The fourth-order valence-electron chi connectivity index (χ4n) is 3.83. The first-order valence-corrected chi connectivity index (χ1v) is 9.23. The molecule has 2 rings (SSSR count). The highest BCUT2D eigenvalue weighted by Crippen LogP contribution is 2.31.